The number of hydrogen-bond acceptors (Lipinski definition) is 0. The molecule has 0 aromatic carbocycles. The quantitative estimate of drug-likeness (QED) is 0.269. The third-order valence-electron chi connectivity index (χ3n) is 5.10. The lowest BCUT2D eigenvalue weighted by Gasteiger charge is -2.03. The average molecular weight is 322 g/mol. The van der Waals surface area contributed by atoms with E-state index in [0.717, 1.165) is 6.54 Å². The van der Waals surface area contributed by atoms with E-state index in [1.807, 2.05) is 0 Å². The summed E-state index contributed by atoms with van der Waals surface area (Å²) >= 11 is 0. The summed E-state index contributed by atoms with van der Waals surface area (Å²) in [4.78, 5) is 0. The van der Waals surface area contributed by atoms with Gasteiger partial charge in [0.2, 0.25) is 0 Å². The third-order valence-corrected chi connectivity index (χ3v) is 5.10. The molecule has 0 radical (unpaired) electrons. The van der Waals surface area contributed by atoms with Gasteiger partial charge in [0.15, 0.2) is 0 Å². The molecular weight excluding hydrogens is 280 g/mol. The van der Waals surface area contributed by atoms with Crippen molar-refractivity contribution in [1.82, 2.24) is 4.57 Å². The second-order valence-electron chi connectivity index (χ2n) is 7.07. The van der Waals surface area contributed by atoms with E-state index < -0.39 is 0 Å². The minimum absolute atomic E-state index is 1.08. The normalized spacial score (nSPS) is 11.3. The Morgan fingerprint density at radius 2 is 1.22 bits per heavy atom. The molecule has 2 nitrogen and oxygen atoms in total. The molecule has 0 N–H and O–H groups in total. The Hall–Kier alpha value is -0.790. The molecule has 0 aliphatic heterocycles. The summed E-state index contributed by atoms with van der Waals surface area (Å²) in [7, 11) is 0. The molecule has 0 amide bonds. The second kappa shape index (κ2) is 13.6. The molecule has 1 aromatic rings. The van der Waals surface area contributed by atoms with Crippen LogP contribution >= 0.6 is 0 Å². The van der Waals surface area contributed by atoms with Gasteiger partial charge in [-0.25, -0.2) is 9.13 Å². The van der Waals surface area contributed by atoms with Crippen molar-refractivity contribution in [1.29, 1.82) is 0 Å². The lowest BCUT2D eigenvalue weighted by molar-refractivity contribution is -0.699. The van der Waals surface area contributed by atoms with E-state index in [-0.39, 0.29) is 0 Å². The first-order valence-corrected chi connectivity index (χ1v) is 10.3. The van der Waals surface area contributed by atoms with Crippen LogP contribution in [0.15, 0.2) is 12.4 Å². The Labute approximate surface area is 145 Å². The maximum absolute atomic E-state index is 2.40. The molecule has 23 heavy (non-hydrogen) atoms. The van der Waals surface area contributed by atoms with Gasteiger partial charge in [-0.15, -0.1) is 0 Å². The molecule has 0 bridgehead atoms. The first-order chi connectivity index (χ1) is 11.3. The van der Waals surface area contributed by atoms with Crippen molar-refractivity contribution in [3.05, 3.63) is 18.2 Å². The smallest absolute Gasteiger partial charge is 0.235 e. The summed E-state index contributed by atoms with van der Waals surface area (Å²) in [5.41, 5.74) is 0. The molecule has 0 unspecified atom stereocenters. The van der Waals surface area contributed by atoms with Crippen LogP contribution in [0.25, 0.3) is 0 Å². The van der Waals surface area contributed by atoms with E-state index in [1.54, 1.807) is 0 Å². The molecule has 1 aromatic heterocycles. The van der Waals surface area contributed by atoms with Gasteiger partial charge in [-0.1, -0.05) is 77.6 Å². The van der Waals surface area contributed by atoms with Gasteiger partial charge < -0.3 is 0 Å². The zero-order chi connectivity index (χ0) is 16.8. The first-order valence-electron chi connectivity index (χ1n) is 10.3. The zero-order valence-corrected chi connectivity index (χ0v) is 16.2. The molecule has 0 atom stereocenters. The standard InChI is InChI=1S/C21H41N2/c1-4-6-7-8-9-10-11-12-13-14-15-16-17-18-23-20-19-22(5-2)21(23)3/h19-20H,4-18H2,1-3H3/q+1. The van der Waals surface area contributed by atoms with Crippen LogP contribution in [0.4, 0.5) is 0 Å². The minimum atomic E-state index is 1.08. The van der Waals surface area contributed by atoms with Gasteiger partial charge in [0.1, 0.15) is 12.4 Å². The molecule has 0 saturated carbocycles. The van der Waals surface area contributed by atoms with E-state index in [0.29, 0.717) is 0 Å². The fourth-order valence-corrected chi connectivity index (χ4v) is 3.41. The van der Waals surface area contributed by atoms with Crippen molar-refractivity contribution in [2.24, 2.45) is 0 Å². The summed E-state index contributed by atoms with van der Waals surface area (Å²) in [5, 5.41) is 0. The molecule has 0 spiro atoms. The van der Waals surface area contributed by atoms with Gasteiger partial charge in [-0.05, 0) is 19.8 Å². The van der Waals surface area contributed by atoms with Gasteiger partial charge in [0.05, 0.1) is 13.1 Å². The Balaban J connectivity index is 1.85. The lowest BCUT2D eigenvalue weighted by Crippen LogP contribution is -2.33. The first kappa shape index (κ1) is 20.3. The molecular formula is C21H41N2+. The maximum Gasteiger partial charge on any atom is 0.253 e. The van der Waals surface area contributed by atoms with Crippen LogP contribution in [0.2, 0.25) is 0 Å². The molecule has 0 saturated heterocycles. The van der Waals surface area contributed by atoms with Crippen molar-refractivity contribution in [3.8, 4) is 0 Å². The molecule has 0 aliphatic rings. The fourth-order valence-electron chi connectivity index (χ4n) is 3.41. The van der Waals surface area contributed by atoms with E-state index >= 15 is 0 Å². The topological polar surface area (TPSA) is 8.81 Å². The Morgan fingerprint density at radius 3 is 1.65 bits per heavy atom. The van der Waals surface area contributed by atoms with Crippen LogP contribution in [0.1, 0.15) is 103 Å². The van der Waals surface area contributed by atoms with E-state index in [4.69, 9.17) is 0 Å². The fraction of sp³-hybridized carbons (Fsp3) is 0.857. The van der Waals surface area contributed by atoms with Gasteiger partial charge in [0.25, 0.3) is 5.82 Å². The Morgan fingerprint density at radius 1 is 0.739 bits per heavy atom. The van der Waals surface area contributed by atoms with Gasteiger partial charge in [0, 0.05) is 6.92 Å². The van der Waals surface area contributed by atoms with Crippen LogP contribution in [0.3, 0.4) is 0 Å². The predicted octanol–water partition coefficient (Wildman–Crippen LogP) is 6.20. The minimum Gasteiger partial charge on any atom is -0.235 e. The SMILES string of the molecule is CCCCCCCCCCCCCCCn1cc[n+](CC)c1C. The average Bonchev–Trinajstić information content (AvgIpc) is 2.92. The van der Waals surface area contributed by atoms with Crippen molar-refractivity contribution < 1.29 is 4.57 Å². The van der Waals surface area contributed by atoms with E-state index in [9.17, 15) is 0 Å². The molecule has 1 rings (SSSR count). The molecule has 134 valence electrons. The highest BCUT2D eigenvalue weighted by atomic mass is 15.1. The Kier molecular flexibility index (Phi) is 12.0. The summed E-state index contributed by atoms with van der Waals surface area (Å²) < 4.78 is 4.73. The summed E-state index contributed by atoms with van der Waals surface area (Å²) in [6.45, 7) is 9.00. The molecule has 2 heteroatoms. The van der Waals surface area contributed by atoms with Crippen molar-refractivity contribution in [2.45, 2.75) is 117 Å². The number of aryl methyl sites for hydroxylation is 2. The molecule has 0 fully saturated rings. The summed E-state index contributed by atoms with van der Waals surface area (Å²) in [6.07, 6.45) is 23.0. The zero-order valence-electron chi connectivity index (χ0n) is 16.2. The third kappa shape index (κ3) is 9.17. The van der Waals surface area contributed by atoms with Crippen LogP contribution in [-0.4, -0.2) is 4.57 Å². The van der Waals surface area contributed by atoms with Crippen molar-refractivity contribution >= 4 is 0 Å². The van der Waals surface area contributed by atoms with Crippen molar-refractivity contribution in [2.75, 3.05) is 0 Å². The van der Waals surface area contributed by atoms with E-state index in [2.05, 4.69) is 42.3 Å². The predicted molar refractivity (Wildman–Crippen MR) is 101 cm³/mol. The number of unbranched alkanes of at least 4 members (excludes halogenated alkanes) is 12. The summed E-state index contributed by atoms with van der Waals surface area (Å²) in [6, 6.07) is 0. The number of hydrogen-bond donors (Lipinski definition) is 0. The lowest BCUT2D eigenvalue weighted by atomic mass is 10.0. The highest BCUT2D eigenvalue weighted by Gasteiger charge is 2.09. The largest absolute Gasteiger partial charge is 0.253 e. The van der Waals surface area contributed by atoms with Gasteiger partial charge in [-0.3, -0.25) is 0 Å². The van der Waals surface area contributed by atoms with Gasteiger partial charge >= 0.3 is 0 Å². The number of rotatable bonds is 15. The van der Waals surface area contributed by atoms with Crippen molar-refractivity contribution in [3.63, 3.8) is 0 Å². The second-order valence-corrected chi connectivity index (χ2v) is 7.07. The Bertz CT molecular complexity index is 381. The highest BCUT2D eigenvalue weighted by Crippen LogP contribution is 2.12. The van der Waals surface area contributed by atoms with Crippen LogP contribution in [-0.2, 0) is 13.1 Å². The van der Waals surface area contributed by atoms with Crippen LogP contribution < -0.4 is 4.57 Å². The van der Waals surface area contributed by atoms with E-state index in [1.165, 1.54) is 95.8 Å². The molecule has 1 heterocycles. The highest BCUT2D eigenvalue weighted by molar-refractivity contribution is 4.79. The summed E-state index contributed by atoms with van der Waals surface area (Å²) in [5.74, 6) is 1.39. The van der Waals surface area contributed by atoms with Crippen LogP contribution in [0.5, 0.6) is 0 Å². The van der Waals surface area contributed by atoms with Crippen LogP contribution in [0, 0.1) is 6.92 Å². The number of imidazole rings is 1. The number of nitrogens with zero attached hydrogens (tertiary/aromatic N) is 2. The number of aromatic nitrogens is 2. The maximum atomic E-state index is 2.40. The monoisotopic (exact) mass is 321 g/mol. The van der Waals surface area contributed by atoms with Gasteiger partial charge in [-0.2, -0.15) is 0 Å². The molecule has 0 aliphatic carbocycles.